The second kappa shape index (κ2) is 5.93. The lowest BCUT2D eigenvalue weighted by Crippen LogP contribution is -2.41. The summed E-state index contributed by atoms with van der Waals surface area (Å²) in [7, 11) is 3.40. The molecule has 5 heteroatoms. The van der Waals surface area contributed by atoms with Gasteiger partial charge in [-0.1, -0.05) is 6.92 Å². The Kier molecular flexibility index (Phi) is 4.01. The highest BCUT2D eigenvalue weighted by Crippen LogP contribution is 2.38. The first kappa shape index (κ1) is 14.2. The second-order valence-corrected chi connectivity index (χ2v) is 5.57. The SMILES string of the molecule is CCN1CCC2=NNC(c3cc(OC)ccc3OC)C2C1. The molecule has 0 aromatic heterocycles. The van der Waals surface area contributed by atoms with E-state index in [0.29, 0.717) is 5.92 Å². The summed E-state index contributed by atoms with van der Waals surface area (Å²) >= 11 is 0. The topological polar surface area (TPSA) is 46.1 Å². The average Bonchev–Trinajstić information content (AvgIpc) is 2.96. The summed E-state index contributed by atoms with van der Waals surface area (Å²) in [6.45, 7) is 5.46. The molecule has 1 aromatic carbocycles. The maximum absolute atomic E-state index is 5.53. The van der Waals surface area contributed by atoms with Crippen LogP contribution in [0.5, 0.6) is 11.5 Å². The van der Waals surface area contributed by atoms with Gasteiger partial charge in [0.05, 0.1) is 20.3 Å². The summed E-state index contributed by atoms with van der Waals surface area (Å²) in [5.41, 5.74) is 5.72. The number of hydrazone groups is 1. The summed E-state index contributed by atoms with van der Waals surface area (Å²) < 4.78 is 10.9. The van der Waals surface area contributed by atoms with E-state index in [0.717, 1.165) is 43.1 Å². The summed E-state index contributed by atoms with van der Waals surface area (Å²) in [5.74, 6) is 2.15. The Hall–Kier alpha value is -1.75. The molecule has 0 aliphatic carbocycles. The minimum atomic E-state index is 0.166. The summed E-state index contributed by atoms with van der Waals surface area (Å²) in [6.07, 6.45) is 1.05. The van der Waals surface area contributed by atoms with E-state index in [4.69, 9.17) is 9.47 Å². The molecule has 0 saturated carbocycles. The van der Waals surface area contributed by atoms with Gasteiger partial charge in [0.25, 0.3) is 0 Å². The third kappa shape index (κ3) is 2.58. The zero-order chi connectivity index (χ0) is 14.8. The van der Waals surface area contributed by atoms with Crippen LogP contribution in [0.25, 0.3) is 0 Å². The Morgan fingerprint density at radius 1 is 1.33 bits per heavy atom. The smallest absolute Gasteiger partial charge is 0.124 e. The van der Waals surface area contributed by atoms with E-state index in [1.807, 2.05) is 12.1 Å². The molecule has 1 fully saturated rings. The van der Waals surface area contributed by atoms with Crippen LogP contribution in [0.2, 0.25) is 0 Å². The lowest BCUT2D eigenvalue weighted by atomic mass is 9.86. The Bertz CT molecular complexity index is 544. The Morgan fingerprint density at radius 3 is 2.90 bits per heavy atom. The molecule has 0 bridgehead atoms. The van der Waals surface area contributed by atoms with E-state index in [2.05, 4.69) is 28.4 Å². The molecule has 3 rings (SSSR count). The van der Waals surface area contributed by atoms with Crippen LogP contribution in [-0.2, 0) is 0 Å². The van der Waals surface area contributed by atoms with E-state index in [-0.39, 0.29) is 6.04 Å². The number of hydrogen-bond acceptors (Lipinski definition) is 5. The first-order valence-corrected chi connectivity index (χ1v) is 7.53. The molecular formula is C16H23N3O2. The number of likely N-dealkylation sites (tertiary alicyclic amines) is 1. The van der Waals surface area contributed by atoms with Gasteiger partial charge in [0.1, 0.15) is 11.5 Å². The fourth-order valence-electron chi connectivity index (χ4n) is 3.27. The largest absolute Gasteiger partial charge is 0.497 e. The van der Waals surface area contributed by atoms with Gasteiger partial charge in [-0.2, -0.15) is 5.10 Å². The van der Waals surface area contributed by atoms with Crippen molar-refractivity contribution < 1.29 is 9.47 Å². The highest BCUT2D eigenvalue weighted by Gasteiger charge is 2.37. The fraction of sp³-hybridized carbons (Fsp3) is 0.562. The van der Waals surface area contributed by atoms with Gasteiger partial charge >= 0.3 is 0 Å². The number of ether oxygens (including phenoxy) is 2. The number of nitrogens with zero attached hydrogens (tertiary/aromatic N) is 2. The zero-order valence-electron chi connectivity index (χ0n) is 12.9. The van der Waals surface area contributed by atoms with Crippen LogP contribution in [0.3, 0.4) is 0 Å². The summed E-state index contributed by atoms with van der Waals surface area (Å²) in [6, 6.07) is 6.12. The maximum atomic E-state index is 5.53. The molecule has 2 aliphatic heterocycles. The molecule has 0 radical (unpaired) electrons. The number of rotatable bonds is 4. The number of fused-ring (bicyclic) bond motifs is 1. The predicted molar refractivity (Wildman–Crippen MR) is 83.1 cm³/mol. The highest BCUT2D eigenvalue weighted by atomic mass is 16.5. The number of nitrogens with one attached hydrogen (secondary N) is 1. The third-order valence-electron chi connectivity index (χ3n) is 4.54. The zero-order valence-corrected chi connectivity index (χ0v) is 12.9. The van der Waals surface area contributed by atoms with Crippen LogP contribution in [0.4, 0.5) is 0 Å². The van der Waals surface area contributed by atoms with Gasteiger partial charge in [-0.3, -0.25) is 0 Å². The van der Waals surface area contributed by atoms with E-state index in [1.165, 1.54) is 5.71 Å². The quantitative estimate of drug-likeness (QED) is 0.921. The first-order chi connectivity index (χ1) is 10.3. The van der Waals surface area contributed by atoms with Gasteiger partial charge in [-0.25, -0.2) is 0 Å². The summed E-state index contributed by atoms with van der Waals surface area (Å²) in [4.78, 5) is 2.48. The molecule has 2 heterocycles. The van der Waals surface area contributed by atoms with Crippen LogP contribution in [-0.4, -0.2) is 44.5 Å². The van der Waals surface area contributed by atoms with Gasteiger partial charge < -0.3 is 19.8 Å². The normalized spacial score (nSPS) is 25.0. The lowest BCUT2D eigenvalue weighted by Gasteiger charge is -2.33. The first-order valence-electron chi connectivity index (χ1n) is 7.53. The van der Waals surface area contributed by atoms with E-state index >= 15 is 0 Å². The highest BCUT2D eigenvalue weighted by molar-refractivity contribution is 5.90. The van der Waals surface area contributed by atoms with Gasteiger partial charge in [0.15, 0.2) is 0 Å². The molecule has 114 valence electrons. The Morgan fingerprint density at radius 2 is 2.19 bits per heavy atom. The monoisotopic (exact) mass is 289 g/mol. The fourth-order valence-corrected chi connectivity index (χ4v) is 3.27. The molecule has 0 spiro atoms. The van der Waals surface area contributed by atoms with Crippen LogP contribution >= 0.6 is 0 Å². The molecule has 1 N–H and O–H groups in total. The second-order valence-electron chi connectivity index (χ2n) is 5.57. The molecule has 1 aromatic rings. The molecule has 1 saturated heterocycles. The average molecular weight is 289 g/mol. The molecule has 0 amide bonds. The predicted octanol–water partition coefficient (Wildman–Crippen LogP) is 2.05. The third-order valence-corrected chi connectivity index (χ3v) is 4.54. The van der Waals surface area contributed by atoms with Crippen molar-refractivity contribution in [2.75, 3.05) is 33.9 Å². The van der Waals surface area contributed by atoms with Crippen molar-refractivity contribution in [3.63, 3.8) is 0 Å². The Labute approximate surface area is 125 Å². The van der Waals surface area contributed by atoms with Gasteiger partial charge in [-0.05, 0) is 24.7 Å². The van der Waals surface area contributed by atoms with Crippen LogP contribution < -0.4 is 14.9 Å². The van der Waals surface area contributed by atoms with Crippen molar-refractivity contribution in [1.29, 1.82) is 0 Å². The van der Waals surface area contributed by atoms with Gasteiger partial charge in [0, 0.05) is 36.7 Å². The van der Waals surface area contributed by atoms with Crippen LogP contribution in [0.1, 0.15) is 24.9 Å². The van der Waals surface area contributed by atoms with Crippen molar-refractivity contribution >= 4 is 5.71 Å². The Balaban J connectivity index is 1.90. The molecular weight excluding hydrogens is 266 g/mol. The number of piperidine rings is 1. The standard InChI is InChI=1S/C16H23N3O2/c1-4-19-8-7-14-13(10-19)16(18-17-14)12-9-11(20-2)5-6-15(12)21-3/h5-6,9,13,16,18H,4,7-8,10H2,1-3H3. The van der Waals surface area contributed by atoms with Gasteiger partial charge in [0.2, 0.25) is 0 Å². The minimum absolute atomic E-state index is 0.166. The molecule has 21 heavy (non-hydrogen) atoms. The lowest BCUT2D eigenvalue weighted by molar-refractivity contribution is 0.237. The number of methoxy groups -OCH3 is 2. The summed E-state index contributed by atoms with van der Waals surface area (Å²) in [5, 5.41) is 4.56. The number of hydrogen-bond donors (Lipinski definition) is 1. The van der Waals surface area contributed by atoms with E-state index in [9.17, 15) is 0 Å². The van der Waals surface area contributed by atoms with E-state index < -0.39 is 0 Å². The van der Waals surface area contributed by atoms with E-state index in [1.54, 1.807) is 14.2 Å². The molecule has 2 atom stereocenters. The van der Waals surface area contributed by atoms with Crippen molar-refractivity contribution in [3.8, 4) is 11.5 Å². The van der Waals surface area contributed by atoms with Crippen molar-refractivity contribution in [1.82, 2.24) is 10.3 Å². The van der Waals surface area contributed by atoms with Crippen LogP contribution in [0, 0.1) is 5.92 Å². The minimum Gasteiger partial charge on any atom is -0.497 e. The molecule has 2 aliphatic rings. The van der Waals surface area contributed by atoms with Crippen molar-refractivity contribution in [3.05, 3.63) is 23.8 Å². The number of benzene rings is 1. The van der Waals surface area contributed by atoms with Crippen LogP contribution in [0.15, 0.2) is 23.3 Å². The molecule has 5 nitrogen and oxygen atoms in total. The molecule has 2 unspecified atom stereocenters. The van der Waals surface area contributed by atoms with Crippen molar-refractivity contribution in [2.24, 2.45) is 11.0 Å². The maximum Gasteiger partial charge on any atom is 0.124 e. The van der Waals surface area contributed by atoms with Gasteiger partial charge in [-0.15, -0.1) is 0 Å². The van der Waals surface area contributed by atoms with Crippen molar-refractivity contribution in [2.45, 2.75) is 19.4 Å².